The Bertz CT molecular complexity index is 641. The highest BCUT2D eigenvalue weighted by Gasteiger charge is 2.47. The fourth-order valence-electron chi connectivity index (χ4n) is 4.11. The van der Waals surface area contributed by atoms with Crippen LogP contribution >= 0.6 is 0 Å². The molecule has 2 fully saturated rings. The van der Waals surface area contributed by atoms with Crippen molar-refractivity contribution < 1.29 is 14.3 Å². The molecule has 0 atom stereocenters. The lowest BCUT2D eigenvalue weighted by Crippen LogP contribution is -2.49. The quantitative estimate of drug-likeness (QED) is 0.726. The van der Waals surface area contributed by atoms with Gasteiger partial charge >= 0.3 is 6.09 Å². The Hall–Kier alpha value is -1.84. The van der Waals surface area contributed by atoms with E-state index in [0.717, 1.165) is 31.5 Å². The molecule has 1 aromatic rings. The van der Waals surface area contributed by atoms with Crippen LogP contribution in [0.15, 0.2) is 24.3 Å². The molecule has 25 heavy (non-hydrogen) atoms. The second kappa shape index (κ2) is 6.47. The highest BCUT2D eigenvalue weighted by molar-refractivity contribution is 5.94. The van der Waals surface area contributed by atoms with Gasteiger partial charge in [0.05, 0.1) is 0 Å². The van der Waals surface area contributed by atoms with E-state index in [9.17, 15) is 9.59 Å². The Kier molecular flexibility index (Phi) is 4.65. The maximum absolute atomic E-state index is 12.2. The van der Waals surface area contributed by atoms with E-state index in [1.807, 2.05) is 37.8 Å². The van der Waals surface area contributed by atoms with Crippen molar-refractivity contribution in [3.8, 4) is 0 Å². The SMILES string of the molecule is CC(=O)c1ccc(C2CC3(CCN(C(=O)OC(C)(C)C)CC3)C2)cc1. The number of hydrogen-bond donors (Lipinski definition) is 0. The summed E-state index contributed by atoms with van der Waals surface area (Å²) in [5.41, 5.74) is 2.08. The molecule has 1 amide bonds. The standard InChI is InChI=1S/C21H29NO3/c1-15(23)16-5-7-17(8-6-16)18-13-21(14-18)9-11-22(12-10-21)19(24)25-20(2,3)4/h5-8,18H,9-14H2,1-4H3. The molecule has 4 nitrogen and oxygen atoms in total. The number of ether oxygens (including phenoxy) is 1. The molecular formula is C21H29NO3. The fourth-order valence-corrected chi connectivity index (χ4v) is 4.11. The number of carbonyl (C=O) groups is 2. The third kappa shape index (κ3) is 4.05. The summed E-state index contributed by atoms with van der Waals surface area (Å²) in [5, 5.41) is 0. The van der Waals surface area contributed by atoms with Crippen molar-refractivity contribution in [3.63, 3.8) is 0 Å². The van der Waals surface area contributed by atoms with Gasteiger partial charge in [0.2, 0.25) is 0 Å². The second-order valence-electron chi connectivity index (χ2n) is 8.75. The van der Waals surface area contributed by atoms with E-state index in [1.165, 1.54) is 18.4 Å². The summed E-state index contributed by atoms with van der Waals surface area (Å²) >= 11 is 0. The zero-order valence-corrected chi connectivity index (χ0v) is 15.8. The number of ketones is 1. The Morgan fingerprint density at radius 2 is 1.64 bits per heavy atom. The number of likely N-dealkylation sites (tertiary alicyclic amines) is 1. The normalized spacial score (nSPS) is 20.2. The number of carbonyl (C=O) groups excluding carboxylic acids is 2. The van der Waals surface area contributed by atoms with Crippen LogP contribution in [-0.4, -0.2) is 35.5 Å². The van der Waals surface area contributed by atoms with Crippen molar-refractivity contribution in [3.05, 3.63) is 35.4 Å². The minimum absolute atomic E-state index is 0.117. The molecule has 1 aromatic carbocycles. The lowest BCUT2D eigenvalue weighted by molar-refractivity contribution is -0.0121. The van der Waals surface area contributed by atoms with Crippen LogP contribution in [0.2, 0.25) is 0 Å². The van der Waals surface area contributed by atoms with Crippen molar-refractivity contribution in [2.75, 3.05) is 13.1 Å². The molecule has 136 valence electrons. The molecule has 0 N–H and O–H groups in total. The van der Waals surface area contributed by atoms with Gasteiger partial charge in [-0.25, -0.2) is 4.79 Å². The van der Waals surface area contributed by atoms with Gasteiger partial charge < -0.3 is 9.64 Å². The van der Waals surface area contributed by atoms with Gasteiger partial charge in [0.1, 0.15) is 5.60 Å². The van der Waals surface area contributed by atoms with E-state index in [0.29, 0.717) is 11.3 Å². The van der Waals surface area contributed by atoms with Crippen molar-refractivity contribution >= 4 is 11.9 Å². The van der Waals surface area contributed by atoms with Crippen LogP contribution in [0, 0.1) is 5.41 Å². The van der Waals surface area contributed by atoms with Gasteiger partial charge in [0, 0.05) is 18.7 Å². The predicted molar refractivity (Wildman–Crippen MR) is 97.9 cm³/mol. The Morgan fingerprint density at radius 3 is 2.12 bits per heavy atom. The summed E-state index contributed by atoms with van der Waals surface area (Å²) in [6.07, 6.45) is 4.32. The second-order valence-corrected chi connectivity index (χ2v) is 8.75. The van der Waals surface area contributed by atoms with E-state index in [4.69, 9.17) is 4.74 Å². The molecule has 3 rings (SSSR count). The van der Waals surface area contributed by atoms with Crippen molar-refractivity contribution in [2.45, 2.75) is 64.9 Å². The summed E-state index contributed by atoms with van der Waals surface area (Å²) in [6.45, 7) is 8.92. The summed E-state index contributed by atoms with van der Waals surface area (Å²) in [7, 11) is 0. The molecule has 1 spiro atoms. The molecule has 0 bridgehead atoms. The first kappa shape index (κ1) is 18.0. The number of rotatable bonds is 2. The summed E-state index contributed by atoms with van der Waals surface area (Å²) in [6, 6.07) is 8.08. The van der Waals surface area contributed by atoms with Gasteiger partial charge in [0.25, 0.3) is 0 Å². The number of piperidine rings is 1. The van der Waals surface area contributed by atoms with Gasteiger partial charge in [-0.3, -0.25) is 4.79 Å². The van der Waals surface area contributed by atoms with Gasteiger partial charge in [0.15, 0.2) is 5.78 Å². The van der Waals surface area contributed by atoms with Gasteiger partial charge in [-0.15, -0.1) is 0 Å². The third-order valence-corrected chi connectivity index (χ3v) is 5.62. The molecule has 1 aliphatic heterocycles. The lowest BCUT2D eigenvalue weighted by atomic mass is 9.56. The highest BCUT2D eigenvalue weighted by Crippen LogP contribution is 2.56. The van der Waals surface area contributed by atoms with E-state index in [2.05, 4.69) is 12.1 Å². The zero-order valence-electron chi connectivity index (χ0n) is 15.8. The summed E-state index contributed by atoms with van der Waals surface area (Å²) in [4.78, 5) is 25.4. The number of hydrogen-bond acceptors (Lipinski definition) is 3. The topological polar surface area (TPSA) is 46.6 Å². The largest absolute Gasteiger partial charge is 0.444 e. The molecule has 2 aliphatic rings. The number of benzene rings is 1. The fraction of sp³-hybridized carbons (Fsp3) is 0.619. The van der Waals surface area contributed by atoms with Crippen molar-refractivity contribution in [2.24, 2.45) is 5.41 Å². The molecule has 1 aliphatic carbocycles. The van der Waals surface area contributed by atoms with E-state index >= 15 is 0 Å². The van der Waals surface area contributed by atoms with Crippen LogP contribution in [-0.2, 0) is 4.74 Å². The Labute approximate surface area is 150 Å². The van der Waals surface area contributed by atoms with Gasteiger partial charge in [-0.1, -0.05) is 24.3 Å². The lowest BCUT2D eigenvalue weighted by Gasteiger charge is -2.52. The van der Waals surface area contributed by atoms with Crippen LogP contribution in [0.5, 0.6) is 0 Å². The maximum Gasteiger partial charge on any atom is 0.410 e. The van der Waals surface area contributed by atoms with Crippen molar-refractivity contribution in [1.82, 2.24) is 4.90 Å². The number of Topliss-reactive ketones (excluding diaryl/α,β-unsaturated/α-hetero) is 1. The summed E-state index contributed by atoms with van der Waals surface area (Å²) in [5.74, 6) is 0.709. The predicted octanol–water partition coefficient (Wildman–Crippen LogP) is 4.78. The Morgan fingerprint density at radius 1 is 1.08 bits per heavy atom. The molecular weight excluding hydrogens is 314 g/mol. The molecule has 4 heteroatoms. The van der Waals surface area contributed by atoms with E-state index < -0.39 is 5.60 Å². The van der Waals surface area contributed by atoms with Gasteiger partial charge in [-0.05, 0) is 70.3 Å². The number of amides is 1. The van der Waals surface area contributed by atoms with E-state index in [-0.39, 0.29) is 11.9 Å². The average Bonchev–Trinajstić information content (AvgIpc) is 2.51. The first-order valence-corrected chi connectivity index (χ1v) is 9.26. The molecule has 1 saturated heterocycles. The van der Waals surface area contributed by atoms with Crippen LogP contribution in [0.4, 0.5) is 4.79 Å². The minimum Gasteiger partial charge on any atom is -0.444 e. The number of nitrogens with zero attached hydrogens (tertiary/aromatic N) is 1. The first-order chi connectivity index (χ1) is 11.7. The summed E-state index contributed by atoms with van der Waals surface area (Å²) < 4.78 is 5.48. The molecule has 0 radical (unpaired) electrons. The smallest absolute Gasteiger partial charge is 0.410 e. The average molecular weight is 343 g/mol. The minimum atomic E-state index is -0.431. The van der Waals surface area contributed by atoms with E-state index in [1.54, 1.807) is 6.92 Å². The Balaban J connectivity index is 1.51. The van der Waals surface area contributed by atoms with Crippen LogP contribution in [0.1, 0.15) is 75.2 Å². The molecule has 1 saturated carbocycles. The maximum atomic E-state index is 12.2. The van der Waals surface area contributed by atoms with Crippen molar-refractivity contribution in [1.29, 1.82) is 0 Å². The monoisotopic (exact) mass is 343 g/mol. The molecule has 0 unspecified atom stereocenters. The highest BCUT2D eigenvalue weighted by atomic mass is 16.6. The zero-order chi connectivity index (χ0) is 18.2. The van der Waals surface area contributed by atoms with Crippen LogP contribution in [0.25, 0.3) is 0 Å². The molecule has 1 heterocycles. The van der Waals surface area contributed by atoms with Crippen LogP contribution in [0.3, 0.4) is 0 Å². The van der Waals surface area contributed by atoms with Crippen LogP contribution < -0.4 is 0 Å². The van der Waals surface area contributed by atoms with Gasteiger partial charge in [-0.2, -0.15) is 0 Å². The first-order valence-electron chi connectivity index (χ1n) is 9.26. The third-order valence-electron chi connectivity index (χ3n) is 5.62. The molecule has 0 aromatic heterocycles.